The molecule has 88 valence electrons. The molecule has 0 spiro atoms. The van der Waals surface area contributed by atoms with E-state index in [0.29, 0.717) is 4.47 Å². The second-order valence-electron chi connectivity index (χ2n) is 3.21. The number of aromatic amines is 1. The summed E-state index contributed by atoms with van der Waals surface area (Å²) in [5, 5.41) is 0. The third-order valence-electron chi connectivity index (χ3n) is 2.22. The lowest BCUT2D eigenvalue weighted by Gasteiger charge is -2.07. The molecule has 0 unspecified atom stereocenters. The van der Waals surface area contributed by atoms with Crippen molar-refractivity contribution in [3.05, 3.63) is 45.2 Å². The third kappa shape index (κ3) is 2.08. The van der Waals surface area contributed by atoms with Gasteiger partial charge in [-0.1, -0.05) is 6.07 Å². The predicted molar refractivity (Wildman–Crippen MR) is 64.5 cm³/mol. The zero-order valence-electron chi connectivity index (χ0n) is 8.83. The number of rotatable bonds is 2. The molecule has 2 rings (SSSR count). The largest absolute Gasteiger partial charge is 0.490 e. The number of benzene rings is 1. The van der Waals surface area contributed by atoms with Crippen molar-refractivity contribution in [1.29, 1.82) is 0 Å². The van der Waals surface area contributed by atoms with E-state index in [9.17, 15) is 9.18 Å². The summed E-state index contributed by atoms with van der Waals surface area (Å²) in [5.74, 6) is -0.492. The van der Waals surface area contributed by atoms with Crippen LogP contribution in [0.1, 0.15) is 0 Å². The van der Waals surface area contributed by atoms with Crippen LogP contribution in [0.4, 0.5) is 4.39 Å². The summed E-state index contributed by atoms with van der Waals surface area (Å²) < 4.78 is 19.1. The van der Waals surface area contributed by atoms with Crippen LogP contribution in [0.2, 0.25) is 0 Å². The molecule has 0 aliphatic rings. The highest BCUT2D eigenvalue weighted by molar-refractivity contribution is 9.10. The van der Waals surface area contributed by atoms with E-state index in [-0.39, 0.29) is 17.0 Å². The lowest BCUT2D eigenvalue weighted by molar-refractivity contribution is 0.407. The molecule has 0 radical (unpaired) electrons. The molecule has 17 heavy (non-hydrogen) atoms. The van der Waals surface area contributed by atoms with Crippen molar-refractivity contribution in [2.24, 2.45) is 0 Å². The maximum absolute atomic E-state index is 13.9. The van der Waals surface area contributed by atoms with Gasteiger partial charge in [0.15, 0.2) is 0 Å². The predicted octanol–water partition coefficient (Wildman–Crippen LogP) is 2.35. The fourth-order valence-corrected chi connectivity index (χ4v) is 1.82. The maximum atomic E-state index is 13.9. The van der Waals surface area contributed by atoms with E-state index in [1.54, 1.807) is 12.1 Å². The fraction of sp³-hybridized carbons (Fsp3) is 0.0909. The summed E-state index contributed by atoms with van der Waals surface area (Å²) in [6.45, 7) is 0. The van der Waals surface area contributed by atoms with E-state index in [4.69, 9.17) is 4.74 Å². The van der Waals surface area contributed by atoms with Gasteiger partial charge in [0.2, 0.25) is 5.75 Å². The van der Waals surface area contributed by atoms with Gasteiger partial charge in [0.25, 0.3) is 5.56 Å². The number of hydrogen-bond donors (Lipinski definition) is 1. The van der Waals surface area contributed by atoms with Crippen molar-refractivity contribution in [1.82, 2.24) is 9.97 Å². The number of nitrogens with zero attached hydrogens (tertiary/aromatic N) is 1. The SMILES string of the molecule is COc1c(-c2cccc(Br)c2F)nc[nH]c1=O. The van der Waals surface area contributed by atoms with Crippen molar-refractivity contribution in [3.8, 4) is 17.0 Å². The molecule has 0 bridgehead atoms. The van der Waals surface area contributed by atoms with Gasteiger partial charge in [-0.25, -0.2) is 9.37 Å². The Morgan fingerprint density at radius 2 is 2.24 bits per heavy atom. The first-order valence-electron chi connectivity index (χ1n) is 4.71. The molecule has 4 nitrogen and oxygen atoms in total. The molecule has 1 aromatic heterocycles. The quantitative estimate of drug-likeness (QED) is 0.926. The molecule has 6 heteroatoms. The minimum Gasteiger partial charge on any atom is -0.490 e. The number of methoxy groups -OCH3 is 1. The highest BCUT2D eigenvalue weighted by Gasteiger charge is 2.16. The van der Waals surface area contributed by atoms with Gasteiger partial charge < -0.3 is 9.72 Å². The van der Waals surface area contributed by atoms with Gasteiger partial charge in [-0.15, -0.1) is 0 Å². The second kappa shape index (κ2) is 4.67. The summed E-state index contributed by atoms with van der Waals surface area (Å²) in [6.07, 6.45) is 1.21. The Hall–Kier alpha value is -1.69. The molecular formula is C11H8BrFN2O2. The zero-order chi connectivity index (χ0) is 12.4. The molecule has 0 aliphatic carbocycles. The van der Waals surface area contributed by atoms with E-state index < -0.39 is 11.4 Å². The zero-order valence-corrected chi connectivity index (χ0v) is 10.4. The number of halogens is 2. The van der Waals surface area contributed by atoms with E-state index in [1.165, 1.54) is 19.5 Å². The molecule has 0 saturated heterocycles. The first-order chi connectivity index (χ1) is 8.15. The van der Waals surface area contributed by atoms with Crippen LogP contribution in [-0.2, 0) is 0 Å². The monoisotopic (exact) mass is 298 g/mol. The maximum Gasteiger partial charge on any atom is 0.293 e. The van der Waals surface area contributed by atoms with Gasteiger partial charge >= 0.3 is 0 Å². The summed E-state index contributed by atoms with van der Waals surface area (Å²) >= 11 is 3.08. The summed E-state index contributed by atoms with van der Waals surface area (Å²) in [4.78, 5) is 17.8. The Morgan fingerprint density at radius 3 is 2.94 bits per heavy atom. The minimum absolute atomic E-state index is 0.00972. The first-order valence-corrected chi connectivity index (χ1v) is 5.50. The Labute approximate surface area is 105 Å². The van der Waals surface area contributed by atoms with E-state index in [2.05, 4.69) is 25.9 Å². The van der Waals surface area contributed by atoms with Crippen molar-refractivity contribution in [2.45, 2.75) is 0 Å². The smallest absolute Gasteiger partial charge is 0.293 e. The molecule has 0 saturated carbocycles. The van der Waals surface area contributed by atoms with Crippen LogP contribution >= 0.6 is 15.9 Å². The summed E-state index contributed by atoms with van der Waals surface area (Å²) in [5.41, 5.74) is -0.0609. The van der Waals surface area contributed by atoms with E-state index >= 15 is 0 Å². The molecule has 1 N–H and O–H groups in total. The van der Waals surface area contributed by atoms with Crippen LogP contribution in [0.3, 0.4) is 0 Å². The van der Waals surface area contributed by atoms with Crippen molar-refractivity contribution >= 4 is 15.9 Å². The molecular weight excluding hydrogens is 291 g/mol. The van der Waals surface area contributed by atoms with Gasteiger partial charge in [-0.05, 0) is 28.1 Å². The first kappa shape index (κ1) is 11.8. The number of aromatic nitrogens is 2. The Balaban J connectivity index is 2.73. The highest BCUT2D eigenvalue weighted by atomic mass is 79.9. The Kier molecular flexibility index (Phi) is 3.23. The number of H-pyrrole nitrogens is 1. The molecule has 1 heterocycles. The molecule has 2 aromatic rings. The molecule has 0 aliphatic heterocycles. The number of nitrogens with one attached hydrogen (secondary N) is 1. The summed E-state index contributed by atoms with van der Waals surface area (Å²) in [6, 6.07) is 4.76. The van der Waals surface area contributed by atoms with Crippen LogP contribution in [0.25, 0.3) is 11.3 Å². The van der Waals surface area contributed by atoms with Crippen LogP contribution in [0, 0.1) is 5.82 Å². The van der Waals surface area contributed by atoms with Crippen LogP contribution in [0.5, 0.6) is 5.75 Å². The third-order valence-corrected chi connectivity index (χ3v) is 2.83. The average molecular weight is 299 g/mol. The number of ether oxygens (including phenoxy) is 1. The molecule has 0 fully saturated rings. The van der Waals surface area contributed by atoms with Gasteiger partial charge in [0.05, 0.1) is 17.9 Å². The van der Waals surface area contributed by atoms with Crippen LogP contribution in [0.15, 0.2) is 33.8 Å². The van der Waals surface area contributed by atoms with Crippen molar-refractivity contribution < 1.29 is 9.13 Å². The lowest BCUT2D eigenvalue weighted by atomic mass is 10.1. The van der Waals surface area contributed by atoms with Gasteiger partial charge in [-0.2, -0.15) is 0 Å². The molecule has 1 aromatic carbocycles. The number of hydrogen-bond acceptors (Lipinski definition) is 3. The topological polar surface area (TPSA) is 55.0 Å². The molecule has 0 amide bonds. The van der Waals surface area contributed by atoms with E-state index in [0.717, 1.165) is 0 Å². The standard InChI is InChI=1S/C11H8BrFN2O2/c1-17-10-9(14-5-15-11(10)16)6-3-2-4-7(12)8(6)13/h2-5H,1H3,(H,14,15,16). The van der Waals surface area contributed by atoms with Crippen molar-refractivity contribution in [2.75, 3.05) is 7.11 Å². The molecule has 0 atom stereocenters. The van der Waals surface area contributed by atoms with Crippen LogP contribution in [-0.4, -0.2) is 17.1 Å². The van der Waals surface area contributed by atoms with Gasteiger partial charge in [0, 0.05) is 5.56 Å². The highest BCUT2D eigenvalue weighted by Crippen LogP contribution is 2.30. The average Bonchev–Trinajstić information content (AvgIpc) is 2.32. The lowest BCUT2D eigenvalue weighted by Crippen LogP contribution is -2.11. The summed E-state index contributed by atoms with van der Waals surface area (Å²) in [7, 11) is 1.34. The fourth-order valence-electron chi connectivity index (χ4n) is 1.46. The minimum atomic E-state index is -0.483. The van der Waals surface area contributed by atoms with E-state index in [1.807, 2.05) is 0 Å². The second-order valence-corrected chi connectivity index (χ2v) is 4.07. The van der Waals surface area contributed by atoms with Crippen molar-refractivity contribution in [3.63, 3.8) is 0 Å². The van der Waals surface area contributed by atoms with Gasteiger partial charge in [-0.3, -0.25) is 4.79 Å². The van der Waals surface area contributed by atoms with Crippen LogP contribution < -0.4 is 10.3 Å². The Morgan fingerprint density at radius 1 is 1.47 bits per heavy atom. The normalized spacial score (nSPS) is 10.3. The van der Waals surface area contributed by atoms with Gasteiger partial charge in [0.1, 0.15) is 11.5 Å². The Bertz CT molecular complexity index is 613.